The standard InChI is InChI=1S/C24H26ClN5O/c25-19-8-9-21-20(15-19)23(28-22(27-21)17-5-2-1-3-6-17)29-11-13-30(14-12-29)24(31)18-7-4-10-26-16-18/h4,7-10,15-17H,1-3,5-6,11-14H2. The lowest BCUT2D eigenvalue weighted by Gasteiger charge is -2.36. The highest BCUT2D eigenvalue weighted by Gasteiger charge is 2.26. The van der Waals surface area contributed by atoms with Crippen LogP contribution in [0.25, 0.3) is 10.9 Å². The van der Waals surface area contributed by atoms with Crippen LogP contribution < -0.4 is 4.90 Å². The number of pyridine rings is 1. The molecule has 1 aromatic carbocycles. The van der Waals surface area contributed by atoms with Crippen molar-refractivity contribution in [2.24, 2.45) is 0 Å². The third kappa shape index (κ3) is 4.22. The molecule has 0 spiro atoms. The lowest BCUT2D eigenvalue weighted by atomic mass is 9.88. The van der Waals surface area contributed by atoms with Gasteiger partial charge in [0.2, 0.25) is 0 Å². The van der Waals surface area contributed by atoms with Gasteiger partial charge < -0.3 is 9.80 Å². The van der Waals surface area contributed by atoms with E-state index in [0.717, 1.165) is 48.5 Å². The zero-order valence-electron chi connectivity index (χ0n) is 17.5. The van der Waals surface area contributed by atoms with E-state index in [0.29, 0.717) is 29.6 Å². The topological polar surface area (TPSA) is 62.2 Å². The van der Waals surface area contributed by atoms with Crippen molar-refractivity contribution >= 4 is 34.2 Å². The molecule has 31 heavy (non-hydrogen) atoms. The van der Waals surface area contributed by atoms with E-state index in [2.05, 4.69) is 9.88 Å². The highest BCUT2D eigenvalue weighted by molar-refractivity contribution is 6.31. The maximum Gasteiger partial charge on any atom is 0.255 e. The van der Waals surface area contributed by atoms with Gasteiger partial charge in [-0.15, -0.1) is 0 Å². The highest BCUT2D eigenvalue weighted by Crippen LogP contribution is 2.34. The summed E-state index contributed by atoms with van der Waals surface area (Å²) in [5, 5.41) is 1.67. The average molecular weight is 436 g/mol. The van der Waals surface area contributed by atoms with Crippen LogP contribution in [0.5, 0.6) is 0 Å². The van der Waals surface area contributed by atoms with E-state index in [1.807, 2.05) is 29.2 Å². The summed E-state index contributed by atoms with van der Waals surface area (Å²) in [5.74, 6) is 2.37. The zero-order chi connectivity index (χ0) is 21.2. The molecule has 6 nitrogen and oxygen atoms in total. The van der Waals surface area contributed by atoms with Crippen LogP contribution in [0, 0.1) is 0 Å². The first-order valence-corrected chi connectivity index (χ1v) is 11.5. The molecule has 1 saturated heterocycles. The Morgan fingerprint density at radius 2 is 1.81 bits per heavy atom. The SMILES string of the molecule is O=C(c1cccnc1)N1CCN(c2nc(C3CCCCC3)nc3ccc(Cl)cc23)CC1. The number of hydrogen-bond donors (Lipinski definition) is 0. The molecular weight excluding hydrogens is 410 g/mol. The number of hydrogen-bond acceptors (Lipinski definition) is 5. The number of amides is 1. The van der Waals surface area contributed by atoms with Crippen LogP contribution in [-0.2, 0) is 0 Å². The molecule has 2 aromatic heterocycles. The van der Waals surface area contributed by atoms with E-state index >= 15 is 0 Å². The quantitative estimate of drug-likeness (QED) is 0.597. The third-order valence-corrected chi connectivity index (χ3v) is 6.64. The number of piperazine rings is 1. The van der Waals surface area contributed by atoms with Crippen molar-refractivity contribution in [2.45, 2.75) is 38.0 Å². The number of benzene rings is 1. The van der Waals surface area contributed by atoms with Gasteiger partial charge in [0, 0.05) is 54.9 Å². The van der Waals surface area contributed by atoms with Crippen molar-refractivity contribution in [1.29, 1.82) is 0 Å². The van der Waals surface area contributed by atoms with Gasteiger partial charge in [-0.3, -0.25) is 9.78 Å². The van der Waals surface area contributed by atoms with Gasteiger partial charge in [-0.1, -0.05) is 30.9 Å². The van der Waals surface area contributed by atoms with Crippen LogP contribution >= 0.6 is 11.6 Å². The molecule has 160 valence electrons. The van der Waals surface area contributed by atoms with Gasteiger partial charge in [-0.05, 0) is 43.2 Å². The van der Waals surface area contributed by atoms with Gasteiger partial charge in [-0.2, -0.15) is 0 Å². The summed E-state index contributed by atoms with van der Waals surface area (Å²) in [6.07, 6.45) is 9.43. The second kappa shape index (κ2) is 8.79. The lowest BCUT2D eigenvalue weighted by molar-refractivity contribution is 0.0746. The number of halogens is 1. The largest absolute Gasteiger partial charge is 0.352 e. The van der Waals surface area contributed by atoms with Crippen molar-refractivity contribution in [3.05, 3.63) is 59.1 Å². The maximum atomic E-state index is 12.8. The van der Waals surface area contributed by atoms with Crippen LogP contribution in [0.2, 0.25) is 5.02 Å². The van der Waals surface area contributed by atoms with Crippen molar-refractivity contribution in [2.75, 3.05) is 31.1 Å². The highest BCUT2D eigenvalue weighted by atomic mass is 35.5. The Morgan fingerprint density at radius 1 is 1.00 bits per heavy atom. The number of carbonyl (C=O) groups excluding carboxylic acids is 1. The third-order valence-electron chi connectivity index (χ3n) is 6.40. The summed E-state index contributed by atoms with van der Waals surface area (Å²) >= 11 is 6.32. The fourth-order valence-electron chi connectivity index (χ4n) is 4.68. The Morgan fingerprint density at radius 3 is 2.55 bits per heavy atom. The Kier molecular flexibility index (Phi) is 5.72. The molecule has 2 fully saturated rings. The summed E-state index contributed by atoms with van der Waals surface area (Å²) < 4.78 is 0. The minimum atomic E-state index is 0.0336. The number of fused-ring (bicyclic) bond motifs is 1. The molecule has 1 amide bonds. The number of aromatic nitrogens is 3. The summed E-state index contributed by atoms with van der Waals surface area (Å²) in [5.41, 5.74) is 1.58. The van der Waals surface area contributed by atoms with Crippen molar-refractivity contribution in [1.82, 2.24) is 19.9 Å². The Balaban J connectivity index is 1.41. The fourth-order valence-corrected chi connectivity index (χ4v) is 4.85. The average Bonchev–Trinajstić information content (AvgIpc) is 2.84. The molecule has 0 bridgehead atoms. The van der Waals surface area contributed by atoms with Gasteiger partial charge in [0.25, 0.3) is 5.91 Å². The van der Waals surface area contributed by atoms with Crippen LogP contribution in [0.4, 0.5) is 5.82 Å². The molecule has 0 atom stereocenters. The molecule has 0 N–H and O–H groups in total. The first-order chi connectivity index (χ1) is 15.2. The van der Waals surface area contributed by atoms with Crippen molar-refractivity contribution in [3.8, 4) is 0 Å². The second-order valence-electron chi connectivity index (χ2n) is 8.42. The Bertz CT molecular complexity index is 1080. The van der Waals surface area contributed by atoms with Crippen molar-refractivity contribution in [3.63, 3.8) is 0 Å². The normalized spacial score (nSPS) is 17.8. The molecule has 3 heterocycles. The first-order valence-electron chi connectivity index (χ1n) is 11.1. The first kappa shape index (κ1) is 20.2. The number of carbonyl (C=O) groups is 1. The lowest BCUT2D eigenvalue weighted by Crippen LogP contribution is -2.49. The van der Waals surface area contributed by atoms with Crippen molar-refractivity contribution < 1.29 is 4.79 Å². The Labute approximate surface area is 187 Å². The molecule has 0 unspecified atom stereocenters. The Hall–Kier alpha value is -2.73. The van der Waals surface area contributed by atoms with E-state index in [9.17, 15) is 4.79 Å². The maximum absolute atomic E-state index is 12.8. The van der Waals surface area contributed by atoms with Crippen LogP contribution in [0.1, 0.15) is 54.2 Å². The van der Waals surface area contributed by atoms with E-state index < -0.39 is 0 Å². The van der Waals surface area contributed by atoms with E-state index in [1.165, 1.54) is 19.3 Å². The monoisotopic (exact) mass is 435 g/mol. The fraction of sp³-hybridized carbons (Fsp3) is 0.417. The molecule has 7 heteroatoms. The molecule has 2 aliphatic rings. The smallest absolute Gasteiger partial charge is 0.255 e. The molecule has 1 aliphatic carbocycles. The van der Waals surface area contributed by atoms with Gasteiger partial charge in [-0.25, -0.2) is 9.97 Å². The summed E-state index contributed by atoms with van der Waals surface area (Å²) in [4.78, 5) is 31.0. The van der Waals surface area contributed by atoms with Crippen LogP contribution in [0.3, 0.4) is 0 Å². The molecule has 1 saturated carbocycles. The van der Waals surface area contributed by atoms with E-state index in [4.69, 9.17) is 21.6 Å². The predicted molar refractivity (Wildman–Crippen MR) is 123 cm³/mol. The van der Waals surface area contributed by atoms with E-state index in [-0.39, 0.29) is 5.91 Å². The number of anilines is 1. The van der Waals surface area contributed by atoms with Gasteiger partial charge in [0.05, 0.1) is 11.1 Å². The number of rotatable bonds is 3. The molecule has 0 radical (unpaired) electrons. The minimum Gasteiger partial charge on any atom is -0.352 e. The van der Waals surface area contributed by atoms with E-state index in [1.54, 1.807) is 18.5 Å². The van der Waals surface area contributed by atoms with Gasteiger partial charge in [0.15, 0.2) is 0 Å². The van der Waals surface area contributed by atoms with Crippen LogP contribution in [-0.4, -0.2) is 51.9 Å². The van der Waals surface area contributed by atoms with Gasteiger partial charge in [0.1, 0.15) is 11.6 Å². The minimum absolute atomic E-state index is 0.0336. The van der Waals surface area contributed by atoms with Crippen LogP contribution in [0.15, 0.2) is 42.7 Å². The zero-order valence-corrected chi connectivity index (χ0v) is 18.3. The molecule has 3 aromatic rings. The number of nitrogens with zero attached hydrogens (tertiary/aromatic N) is 5. The molecule has 5 rings (SSSR count). The predicted octanol–water partition coefficient (Wildman–Crippen LogP) is 4.69. The van der Waals surface area contributed by atoms with Gasteiger partial charge >= 0.3 is 0 Å². The molecule has 1 aliphatic heterocycles. The molecular formula is C24H26ClN5O. The second-order valence-corrected chi connectivity index (χ2v) is 8.86. The summed E-state index contributed by atoms with van der Waals surface area (Å²) in [6, 6.07) is 9.47. The summed E-state index contributed by atoms with van der Waals surface area (Å²) in [6.45, 7) is 2.76. The summed E-state index contributed by atoms with van der Waals surface area (Å²) in [7, 11) is 0.